The molecule has 2 N–H and O–H groups in total. The zero-order valence-corrected chi connectivity index (χ0v) is 12.4. The third kappa shape index (κ3) is 5.87. The van der Waals surface area contributed by atoms with Crippen molar-refractivity contribution in [3.8, 4) is 0 Å². The molecule has 0 spiro atoms. The van der Waals surface area contributed by atoms with Crippen molar-refractivity contribution in [3.05, 3.63) is 0 Å². The molecule has 0 aromatic rings. The number of hydrogen-bond donors (Lipinski definition) is 2. The number of nitrogens with one attached hydrogen (secondary N) is 2. The molecule has 2 rings (SSSR count). The quantitative estimate of drug-likeness (QED) is 0.617. The fourth-order valence-corrected chi connectivity index (χ4v) is 2.74. The third-order valence-electron chi connectivity index (χ3n) is 3.76. The van der Waals surface area contributed by atoms with E-state index in [4.69, 9.17) is 17.0 Å². The van der Waals surface area contributed by atoms with Gasteiger partial charge in [0, 0.05) is 18.9 Å². The lowest BCUT2D eigenvalue weighted by atomic mass is 9.99. The first-order valence-corrected chi connectivity index (χ1v) is 7.96. The van der Waals surface area contributed by atoms with Crippen molar-refractivity contribution in [2.45, 2.75) is 63.9 Å². The van der Waals surface area contributed by atoms with Crippen LogP contribution in [0.3, 0.4) is 0 Å². The highest BCUT2D eigenvalue weighted by Crippen LogP contribution is 2.14. The zero-order chi connectivity index (χ0) is 13.3. The van der Waals surface area contributed by atoms with Crippen LogP contribution in [0.25, 0.3) is 0 Å². The summed E-state index contributed by atoms with van der Waals surface area (Å²) in [6.45, 7) is 1.67. The molecule has 1 saturated heterocycles. The number of rotatable bonds is 3. The van der Waals surface area contributed by atoms with Gasteiger partial charge in [-0.2, -0.15) is 5.10 Å². The lowest BCUT2D eigenvalue weighted by molar-refractivity contribution is 0.114. The van der Waals surface area contributed by atoms with E-state index in [1.807, 2.05) is 0 Å². The second-order valence-corrected chi connectivity index (χ2v) is 5.81. The Kier molecular flexibility index (Phi) is 6.57. The Morgan fingerprint density at radius 3 is 2.58 bits per heavy atom. The Balaban J connectivity index is 1.65. The molecule has 1 atom stereocenters. The van der Waals surface area contributed by atoms with E-state index in [-0.39, 0.29) is 0 Å². The van der Waals surface area contributed by atoms with Crippen molar-refractivity contribution in [1.29, 1.82) is 0 Å². The maximum absolute atomic E-state index is 5.54. The van der Waals surface area contributed by atoms with E-state index >= 15 is 0 Å². The van der Waals surface area contributed by atoms with E-state index in [1.165, 1.54) is 37.8 Å². The minimum absolute atomic E-state index is 0.314. The van der Waals surface area contributed by atoms with Crippen LogP contribution in [0.2, 0.25) is 0 Å². The Morgan fingerprint density at radius 1 is 1.16 bits per heavy atom. The van der Waals surface area contributed by atoms with Gasteiger partial charge in [0.05, 0.1) is 6.10 Å². The van der Waals surface area contributed by atoms with Gasteiger partial charge in [0.1, 0.15) is 0 Å². The van der Waals surface area contributed by atoms with E-state index in [1.54, 1.807) is 0 Å². The predicted octanol–water partition coefficient (Wildman–Crippen LogP) is 2.73. The van der Waals surface area contributed by atoms with Crippen molar-refractivity contribution >= 4 is 23.0 Å². The van der Waals surface area contributed by atoms with Crippen LogP contribution in [0.4, 0.5) is 0 Å². The van der Waals surface area contributed by atoms with Crippen LogP contribution in [-0.4, -0.2) is 30.1 Å². The normalized spacial score (nSPS) is 24.4. The van der Waals surface area contributed by atoms with Gasteiger partial charge in [0.15, 0.2) is 5.11 Å². The summed E-state index contributed by atoms with van der Waals surface area (Å²) in [5.74, 6) is 0. The standard InChI is InChI=1S/C14H25N3OS/c19-14(15-11-13-9-6-10-18-13)17-16-12-7-4-2-1-3-5-8-12/h13H,1-11H2,(H2,15,17,19)/t13-/m0/s1. The van der Waals surface area contributed by atoms with Gasteiger partial charge >= 0.3 is 0 Å². The monoisotopic (exact) mass is 283 g/mol. The van der Waals surface area contributed by atoms with Crippen LogP contribution in [-0.2, 0) is 4.74 Å². The Morgan fingerprint density at radius 2 is 1.89 bits per heavy atom. The third-order valence-corrected chi connectivity index (χ3v) is 4.00. The fraction of sp³-hybridized carbons (Fsp3) is 0.857. The minimum atomic E-state index is 0.314. The topological polar surface area (TPSA) is 45.6 Å². The molecule has 0 amide bonds. The Hall–Kier alpha value is -0.680. The van der Waals surface area contributed by atoms with Crippen LogP contribution in [0.5, 0.6) is 0 Å². The Labute approximate surface area is 121 Å². The molecule has 4 nitrogen and oxygen atoms in total. The lowest BCUT2D eigenvalue weighted by Gasteiger charge is -2.14. The molecule has 2 aliphatic rings. The molecule has 0 unspecified atom stereocenters. The molecule has 0 radical (unpaired) electrons. The summed E-state index contributed by atoms with van der Waals surface area (Å²) in [5, 5.41) is 8.25. The highest BCUT2D eigenvalue weighted by atomic mass is 32.1. The summed E-state index contributed by atoms with van der Waals surface area (Å²) in [6, 6.07) is 0. The molecular formula is C14H25N3OS. The van der Waals surface area contributed by atoms with Crippen LogP contribution in [0, 0.1) is 0 Å². The summed E-state index contributed by atoms with van der Waals surface area (Å²) < 4.78 is 5.54. The highest BCUT2D eigenvalue weighted by molar-refractivity contribution is 7.80. The number of hydrazone groups is 1. The highest BCUT2D eigenvalue weighted by Gasteiger charge is 2.15. The number of nitrogens with zero attached hydrogens (tertiary/aromatic N) is 1. The van der Waals surface area contributed by atoms with Gasteiger partial charge in [-0.15, -0.1) is 0 Å². The first-order valence-electron chi connectivity index (χ1n) is 7.55. The van der Waals surface area contributed by atoms with Crippen LogP contribution in [0.15, 0.2) is 5.10 Å². The van der Waals surface area contributed by atoms with Crippen LogP contribution in [0.1, 0.15) is 57.8 Å². The van der Waals surface area contributed by atoms with Gasteiger partial charge < -0.3 is 10.1 Å². The molecule has 1 aliphatic heterocycles. The molecule has 0 aromatic heterocycles. The van der Waals surface area contributed by atoms with E-state index < -0.39 is 0 Å². The summed E-state index contributed by atoms with van der Waals surface area (Å²) >= 11 is 5.23. The Bertz CT molecular complexity index is 304. The van der Waals surface area contributed by atoms with Crippen LogP contribution >= 0.6 is 12.2 Å². The maximum Gasteiger partial charge on any atom is 0.187 e. The predicted molar refractivity (Wildman–Crippen MR) is 82.5 cm³/mol. The number of thiocarbonyl (C=S) groups is 1. The maximum atomic E-state index is 5.54. The molecule has 2 fully saturated rings. The molecule has 1 saturated carbocycles. The second-order valence-electron chi connectivity index (χ2n) is 5.40. The first kappa shape index (κ1) is 14.7. The van der Waals surface area contributed by atoms with Crippen molar-refractivity contribution in [3.63, 3.8) is 0 Å². The summed E-state index contributed by atoms with van der Waals surface area (Å²) in [5.41, 5.74) is 4.24. The molecule has 1 aliphatic carbocycles. The molecule has 19 heavy (non-hydrogen) atoms. The summed E-state index contributed by atoms with van der Waals surface area (Å²) in [7, 11) is 0. The number of hydrogen-bond acceptors (Lipinski definition) is 3. The van der Waals surface area contributed by atoms with Gasteiger partial charge in [-0.3, -0.25) is 5.43 Å². The molecule has 1 heterocycles. The molecule has 108 valence electrons. The lowest BCUT2D eigenvalue weighted by Crippen LogP contribution is -2.37. The van der Waals surface area contributed by atoms with Crippen molar-refractivity contribution in [2.24, 2.45) is 5.10 Å². The van der Waals surface area contributed by atoms with E-state index in [0.717, 1.165) is 38.8 Å². The molecule has 5 heteroatoms. The zero-order valence-electron chi connectivity index (χ0n) is 11.6. The average Bonchev–Trinajstić information content (AvgIpc) is 2.88. The second kappa shape index (κ2) is 8.48. The molecular weight excluding hydrogens is 258 g/mol. The fourth-order valence-electron chi connectivity index (χ4n) is 2.61. The molecule has 0 aromatic carbocycles. The van der Waals surface area contributed by atoms with Crippen molar-refractivity contribution in [2.75, 3.05) is 13.2 Å². The largest absolute Gasteiger partial charge is 0.376 e. The van der Waals surface area contributed by atoms with Gasteiger partial charge in [-0.05, 0) is 50.7 Å². The van der Waals surface area contributed by atoms with Gasteiger partial charge in [0.2, 0.25) is 0 Å². The smallest absolute Gasteiger partial charge is 0.187 e. The van der Waals surface area contributed by atoms with Gasteiger partial charge in [-0.1, -0.05) is 19.3 Å². The van der Waals surface area contributed by atoms with Crippen LogP contribution < -0.4 is 10.7 Å². The molecule has 0 bridgehead atoms. The SMILES string of the molecule is S=C(NC[C@@H]1CCCO1)NN=C1CCCCCCC1. The van der Waals surface area contributed by atoms with E-state index in [0.29, 0.717) is 11.2 Å². The van der Waals surface area contributed by atoms with Gasteiger partial charge in [0.25, 0.3) is 0 Å². The first-order chi connectivity index (χ1) is 9.34. The number of ether oxygens (including phenoxy) is 1. The minimum Gasteiger partial charge on any atom is -0.376 e. The van der Waals surface area contributed by atoms with Gasteiger partial charge in [-0.25, -0.2) is 0 Å². The average molecular weight is 283 g/mol. The van der Waals surface area contributed by atoms with Crippen molar-refractivity contribution < 1.29 is 4.74 Å². The summed E-state index contributed by atoms with van der Waals surface area (Å²) in [6.07, 6.45) is 11.4. The van der Waals surface area contributed by atoms with Crippen molar-refractivity contribution in [1.82, 2.24) is 10.7 Å². The van der Waals surface area contributed by atoms with E-state index in [9.17, 15) is 0 Å². The van der Waals surface area contributed by atoms with E-state index in [2.05, 4.69) is 15.8 Å². The summed E-state index contributed by atoms with van der Waals surface area (Å²) in [4.78, 5) is 0.